The maximum absolute atomic E-state index is 13.5. The quantitative estimate of drug-likeness (QED) is 0.384. The summed E-state index contributed by atoms with van der Waals surface area (Å²) in [5.41, 5.74) is 1.47. The fraction of sp³-hybridized carbons (Fsp3) is 0.533. The van der Waals surface area contributed by atoms with Crippen LogP contribution in [0.4, 0.5) is 9.18 Å². The Morgan fingerprint density at radius 3 is 2.41 bits per heavy atom. The zero-order valence-electron chi connectivity index (χ0n) is 22.5. The summed E-state index contributed by atoms with van der Waals surface area (Å²) in [5, 5.41) is 0. The van der Waals surface area contributed by atoms with Gasteiger partial charge in [0.25, 0.3) is 0 Å². The molecule has 1 aliphatic carbocycles. The fourth-order valence-corrected chi connectivity index (χ4v) is 6.15. The predicted octanol–water partition coefficient (Wildman–Crippen LogP) is 6.08. The summed E-state index contributed by atoms with van der Waals surface area (Å²) in [7, 11) is 5.54. The van der Waals surface area contributed by atoms with Crippen LogP contribution in [-0.4, -0.2) is 61.8 Å². The first-order chi connectivity index (χ1) is 17.8. The van der Waals surface area contributed by atoms with E-state index in [9.17, 15) is 9.18 Å². The molecule has 1 saturated carbocycles. The summed E-state index contributed by atoms with van der Waals surface area (Å²) < 4.78 is 24.0. The molecule has 2 aromatic carbocycles. The van der Waals surface area contributed by atoms with Gasteiger partial charge in [0.2, 0.25) is 5.72 Å². The van der Waals surface area contributed by atoms with Gasteiger partial charge in [0.1, 0.15) is 5.82 Å². The van der Waals surface area contributed by atoms with Crippen molar-refractivity contribution < 1.29 is 18.7 Å². The van der Waals surface area contributed by atoms with Gasteiger partial charge in [-0.3, -0.25) is 0 Å². The van der Waals surface area contributed by atoms with Gasteiger partial charge in [0.05, 0.1) is 19.5 Å². The molecule has 3 atom stereocenters. The average Bonchev–Trinajstić information content (AvgIpc) is 3.20. The van der Waals surface area contributed by atoms with Crippen LogP contribution in [0, 0.1) is 17.7 Å². The van der Waals surface area contributed by atoms with Crippen LogP contribution in [0.5, 0.6) is 0 Å². The van der Waals surface area contributed by atoms with E-state index in [1.165, 1.54) is 18.2 Å². The minimum absolute atomic E-state index is 0.0430. The summed E-state index contributed by atoms with van der Waals surface area (Å²) in [6.07, 6.45) is 7.37. The molecular formula is C30H40FN3O3. The van der Waals surface area contributed by atoms with Crippen LogP contribution >= 0.6 is 0 Å². The standard InChI is InChI=1S/C30H40FN3O3/c1-30(37-29(35)36-4)27(34(21-32-30)19-18-22-8-6-5-7-9-22)20-23-10-12-24(13-11-23)28(33(2)3)25-14-16-26(31)17-15-25/h5-9,14-17,21,23-24,27-28H,10-13,18-20H2,1-4H3. The van der Waals surface area contributed by atoms with Crippen LogP contribution in [0.2, 0.25) is 0 Å². The van der Waals surface area contributed by atoms with E-state index in [1.807, 2.05) is 31.5 Å². The van der Waals surface area contributed by atoms with Gasteiger partial charge in [-0.2, -0.15) is 0 Å². The monoisotopic (exact) mass is 509 g/mol. The molecule has 3 unspecified atom stereocenters. The fourth-order valence-electron chi connectivity index (χ4n) is 6.15. The van der Waals surface area contributed by atoms with E-state index >= 15 is 0 Å². The Labute approximate surface area is 220 Å². The SMILES string of the molecule is COC(=O)OC1(C)N=CN(CCc2ccccc2)C1CC1CCC(C(c2ccc(F)cc2)N(C)C)CC1. The number of hydrogen-bond acceptors (Lipinski definition) is 6. The predicted molar refractivity (Wildman–Crippen MR) is 144 cm³/mol. The molecule has 2 aliphatic rings. The zero-order valence-corrected chi connectivity index (χ0v) is 22.5. The van der Waals surface area contributed by atoms with Crippen molar-refractivity contribution in [1.29, 1.82) is 0 Å². The molecule has 1 fully saturated rings. The molecule has 0 saturated heterocycles. The highest BCUT2D eigenvalue weighted by Gasteiger charge is 2.46. The minimum Gasteiger partial charge on any atom is -0.438 e. The molecule has 1 aliphatic heterocycles. The Morgan fingerprint density at radius 2 is 1.78 bits per heavy atom. The molecule has 0 aromatic heterocycles. The number of hydrogen-bond donors (Lipinski definition) is 0. The average molecular weight is 510 g/mol. The normalized spacial score (nSPS) is 26.3. The summed E-state index contributed by atoms with van der Waals surface area (Å²) in [6, 6.07) is 17.6. The molecule has 0 bridgehead atoms. The molecule has 2 aromatic rings. The highest BCUT2D eigenvalue weighted by atomic mass is 19.1. The maximum Gasteiger partial charge on any atom is 0.510 e. The van der Waals surface area contributed by atoms with E-state index in [0.717, 1.165) is 45.1 Å². The Balaban J connectivity index is 1.42. The first-order valence-electron chi connectivity index (χ1n) is 13.3. The molecular weight excluding hydrogens is 469 g/mol. The van der Waals surface area contributed by atoms with E-state index in [4.69, 9.17) is 9.47 Å². The van der Waals surface area contributed by atoms with E-state index in [2.05, 4.69) is 53.2 Å². The molecule has 4 rings (SSSR count). The lowest BCUT2D eigenvalue weighted by Gasteiger charge is -2.40. The van der Waals surface area contributed by atoms with Crippen LogP contribution in [0.15, 0.2) is 59.6 Å². The Kier molecular flexibility index (Phi) is 8.85. The topological polar surface area (TPSA) is 54.4 Å². The first-order valence-corrected chi connectivity index (χ1v) is 13.3. The number of ether oxygens (including phenoxy) is 2. The van der Waals surface area contributed by atoms with Crippen molar-refractivity contribution in [3.8, 4) is 0 Å². The first kappa shape index (κ1) is 27.1. The largest absolute Gasteiger partial charge is 0.510 e. The lowest BCUT2D eigenvalue weighted by Crippen LogP contribution is -2.48. The van der Waals surface area contributed by atoms with Gasteiger partial charge in [-0.1, -0.05) is 55.3 Å². The molecule has 37 heavy (non-hydrogen) atoms. The molecule has 0 spiro atoms. The zero-order chi connectivity index (χ0) is 26.4. The highest BCUT2D eigenvalue weighted by molar-refractivity contribution is 5.64. The minimum atomic E-state index is -0.971. The van der Waals surface area contributed by atoms with Crippen LogP contribution in [0.3, 0.4) is 0 Å². The van der Waals surface area contributed by atoms with Crippen molar-refractivity contribution in [1.82, 2.24) is 9.80 Å². The Bertz CT molecular complexity index is 1040. The van der Waals surface area contributed by atoms with Crippen LogP contribution in [0.1, 0.15) is 56.2 Å². The Hall–Kier alpha value is -2.93. The third-order valence-corrected chi connectivity index (χ3v) is 8.10. The molecule has 1 heterocycles. The van der Waals surface area contributed by atoms with E-state index in [0.29, 0.717) is 11.8 Å². The van der Waals surface area contributed by atoms with E-state index < -0.39 is 11.9 Å². The summed E-state index contributed by atoms with van der Waals surface area (Å²) in [6.45, 7) is 2.69. The number of nitrogens with zero attached hydrogens (tertiary/aromatic N) is 3. The van der Waals surface area contributed by atoms with Gasteiger partial charge in [-0.15, -0.1) is 0 Å². The second-order valence-electron chi connectivity index (χ2n) is 10.8. The third kappa shape index (κ3) is 6.69. The van der Waals surface area contributed by atoms with E-state index in [1.54, 1.807) is 12.1 Å². The van der Waals surface area contributed by atoms with Gasteiger partial charge in [-0.05, 0) is 81.8 Å². The number of carbonyl (C=O) groups is 1. The molecule has 6 nitrogen and oxygen atoms in total. The van der Waals surface area contributed by atoms with Gasteiger partial charge in [0.15, 0.2) is 0 Å². The number of carbonyl (C=O) groups excluding carboxylic acids is 1. The second-order valence-corrected chi connectivity index (χ2v) is 10.8. The number of halogens is 1. The maximum atomic E-state index is 13.5. The number of benzene rings is 2. The molecule has 7 heteroatoms. The van der Waals surface area contributed by atoms with Crippen molar-refractivity contribution in [3.63, 3.8) is 0 Å². The lowest BCUT2D eigenvalue weighted by atomic mass is 9.74. The number of methoxy groups -OCH3 is 1. The van der Waals surface area contributed by atoms with Gasteiger partial charge in [0, 0.05) is 12.6 Å². The molecule has 0 amide bonds. The van der Waals surface area contributed by atoms with Gasteiger partial charge < -0.3 is 19.3 Å². The van der Waals surface area contributed by atoms with Crippen molar-refractivity contribution in [2.75, 3.05) is 27.7 Å². The van der Waals surface area contributed by atoms with Crippen molar-refractivity contribution >= 4 is 12.5 Å². The number of rotatable bonds is 9. The van der Waals surface area contributed by atoms with Crippen molar-refractivity contribution in [2.45, 2.75) is 63.3 Å². The summed E-state index contributed by atoms with van der Waals surface area (Å²) in [5.74, 6) is 0.833. The Morgan fingerprint density at radius 1 is 1.11 bits per heavy atom. The van der Waals surface area contributed by atoms with Crippen molar-refractivity contribution in [2.24, 2.45) is 16.8 Å². The van der Waals surface area contributed by atoms with Crippen LogP contribution in [-0.2, 0) is 15.9 Å². The highest BCUT2D eigenvalue weighted by Crippen LogP contribution is 2.42. The molecule has 0 N–H and O–H groups in total. The smallest absolute Gasteiger partial charge is 0.438 e. The van der Waals surface area contributed by atoms with Crippen LogP contribution in [0.25, 0.3) is 0 Å². The number of aliphatic imine (C=N–C) groups is 1. The second kappa shape index (κ2) is 12.1. The van der Waals surface area contributed by atoms with Gasteiger partial charge in [-0.25, -0.2) is 14.2 Å². The molecule has 200 valence electrons. The third-order valence-electron chi connectivity index (χ3n) is 8.10. The summed E-state index contributed by atoms with van der Waals surface area (Å²) >= 11 is 0. The van der Waals surface area contributed by atoms with Crippen LogP contribution < -0.4 is 0 Å². The molecule has 0 radical (unpaired) electrons. The van der Waals surface area contributed by atoms with E-state index in [-0.39, 0.29) is 17.9 Å². The van der Waals surface area contributed by atoms with Crippen molar-refractivity contribution in [3.05, 3.63) is 71.5 Å². The van der Waals surface area contributed by atoms with Gasteiger partial charge >= 0.3 is 6.16 Å². The summed E-state index contributed by atoms with van der Waals surface area (Å²) in [4.78, 5) is 21.2. The lowest BCUT2D eigenvalue weighted by molar-refractivity contribution is -0.0461.